The fourth-order valence-corrected chi connectivity index (χ4v) is 1.68. The zero-order valence-electron chi connectivity index (χ0n) is 9.27. The highest BCUT2D eigenvalue weighted by atomic mass is 16.5. The predicted octanol–water partition coefficient (Wildman–Crippen LogP) is 0.153. The average Bonchev–Trinajstić information content (AvgIpc) is 2.61. The predicted molar refractivity (Wildman–Crippen MR) is 56.5 cm³/mol. The number of rotatable bonds is 5. The van der Waals surface area contributed by atoms with Crippen LogP contribution in [0.15, 0.2) is 12.7 Å². The van der Waals surface area contributed by atoms with E-state index in [9.17, 15) is 14.4 Å². The SMILES string of the molecule is C=CCN1C[C@H](C(=O)CC(=O)OC)CC1=O. The van der Waals surface area contributed by atoms with Crippen LogP contribution in [0.5, 0.6) is 0 Å². The number of ketones is 1. The summed E-state index contributed by atoms with van der Waals surface area (Å²) in [5, 5.41) is 0. The molecule has 1 aliphatic rings. The van der Waals surface area contributed by atoms with Gasteiger partial charge >= 0.3 is 5.97 Å². The molecule has 0 saturated carbocycles. The third-order valence-electron chi connectivity index (χ3n) is 2.57. The molecule has 1 amide bonds. The quantitative estimate of drug-likeness (QED) is 0.379. The molecule has 0 unspecified atom stereocenters. The van der Waals surface area contributed by atoms with Crippen molar-refractivity contribution < 1.29 is 19.1 Å². The minimum atomic E-state index is -0.556. The van der Waals surface area contributed by atoms with Gasteiger partial charge in [0, 0.05) is 25.4 Å². The monoisotopic (exact) mass is 225 g/mol. The smallest absolute Gasteiger partial charge is 0.313 e. The first-order chi connectivity index (χ1) is 7.58. The van der Waals surface area contributed by atoms with E-state index in [0.29, 0.717) is 13.1 Å². The Balaban J connectivity index is 2.51. The molecular formula is C11H15NO4. The molecule has 0 aromatic rings. The van der Waals surface area contributed by atoms with Gasteiger partial charge in [0.2, 0.25) is 5.91 Å². The van der Waals surface area contributed by atoms with Crippen molar-refractivity contribution in [2.75, 3.05) is 20.2 Å². The molecule has 1 saturated heterocycles. The normalized spacial score (nSPS) is 19.7. The third-order valence-corrected chi connectivity index (χ3v) is 2.57. The number of esters is 1. The van der Waals surface area contributed by atoms with Gasteiger partial charge in [0.25, 0.3) is 0 Å². The van der Waals surface area contributed by atoms with Crippen molar-refractivity contribution in [2.45, 2.75) is 12.8 Å². The molecular weight excluding hydrogens is 210 g/mol. The minimum absolute atomic E-state index is 0.0666. The topological polar surface area (TPSA) is 63.7 Å². The van der Waals surface area contributed by atoms with Gasteiger partial charge in [-0.15, -0.1) is 6.58 Å². The fraction of sp³-hybridized carbons (Fsp3) is 0.545. The first-order valence-electron chi connectivity index (χ1n) is 5.06. The van der Waals surface area contributed by atoms with E-state index >= 15 is 0 Å². The lowest BCUT2D eigenvalue weighted by atomic mass is 10.0. The van der Waals surface area contributed by atoms with Crippen molar-refractivity contribution in [3.8, 4) is 0 Å². The summed E-state index contributed by atoms with van der Waals surface area (Å²) in [6.45, 7) is 4.36. The number of carbonyl (C=O) groups is 3. The van der Waals surface area contributed by atoms with Crippen molar-refractivity contribution in [1.29, 1.82) is 0 Å². The van der Waals surface area contributed by atoms with Crippen LogP contribution in [0.25, 0.3) is 0 Å². The minimum Gasteiger partial charge on any atom is -0.469 e. The van der Waals surface area contributed by atoms with Gasteiger partial charge in [-0.25, -0.2) is 0 Å². The van der Waals surface area contributed by atoms with Gasteiger partial charge in [0.1, 0.15) is 12.2 Å². The number of Topliss-reactive ketones (excluding diaryl/α,β-unsaturated/α-hetero) is 1. The largest absolute Gasteiger partial charge is 0.469 e. The summed E-state index contributed by atoms with van der Waals surface area (Å²) in [7, 11) is 1.24. The van der Waals surface area contributed by atoms with Crippen LogP contribution < -0.4 is 0 Å². The number of methoxy groups -OCH3 is 1. The second-order valence-corrected chi connectivity index (χ2v) is 3.71. The first kappa shape index (κ1) is 12.4. The third kappa shape index (κ3) is 2.92. The molecule has 1 fully saturated rings. The molecule has 1 aliphatic heterocycles. The molecule has 0 spiro atoms. The Morgan fingerprint density at radius 1 is 1.62 bits per heavy atom. The highest BCUT2D eigenvalue weighted by Gasteiger charge is 2.34. The number of hydrogen-bond acceptors (Lipinski definition) is 4. The van der Waals surface area contributed by atoms with Gasteiger partial charge in [-0.2, -0.15) is 0 Å². The molecule has 5 heteroatoms. The second-order valence-electron chi connectivity index (χ2n) is 3.71. The Hall–Kier alpha value is -1.65. The molecule has 88 valence electrons. The maximum Gasteiger partial charge on any atom is 0.313 e. The summed E-state index contributed by atoms with van der Waals surface area (Å²) < 4.78 is 4.41. The van der Waals surface area contributed by atoms with Crippen LogP contribution in [-0.2, 0) is 19.1 Å². The Bertz CT molecular complexity index is 324. The van der Waals surface area contributed by atoms with E-state index in [1.54, 1.807) is 11.0 Å². The fourth-order valence-electron chi connectivity index (χ4n) is 1.68. The molecule has 0 aliphatic carbocycles. The Morgan fingerprint density at radius 3 is 2.88 bits per heavy atom. The van der Waals surface area contributed by atoms with Crippen LogP contribution >= 0.6 is 0 Å². The molecule has 1 heterocycles. The number of ether oxygens (including phenoxy) is 1. The Labute approximate surface area is 94.1 Å². The van der Waals surface area contributed by atoms with Gasteiger partial charge < -0.3 is 9.64 Å². The summed E-state index contributed by atoms with van der Waals surface area (Å²) >= 11 is 0. The maximum atomic E-state index is 11.6. The Morgan fingerprint density at radius 2 is 2.31 bits per heavy atom. The van der Waals surface area contributed by atoms with Crippen LogP contribution in [0.3, 0.4) is 0 Å². The van der Waals surface area contributed by atoms with Crippen molar-refractivity contribution in [3.05, 3.63) is 12.7 Å². The van der Waals surface area contributed by atoms with Crippen molar-refractivity contribution >= 4 is 17.7 Å². The van der Waals surface area contributed by atoms with E-state index in [4.69, 9.17) is 0 Å². The van der Waals surface area contributed by atoms with Crippen molar-refractivity contribution in [3.63, 3.8) is 0 Å². The number of hydrogen-bond donors (Lipinski definition) is 0. The summed E-state index contributed by atoms with van der Waals surface area (Å²) in [5.41, 5.74) is 0. The molecule has 0 aromatic heterocycles. The van der Waals surface area contributed by atoms with Crippen LogP contribution in [0.1, 0.15) is 12.8 Å². The molecule has 1 rings (SSSR count). The van der Waals surface area contributed by atoms with Crippen LogP contribution in [0.4, 0.5) is 0 Å². The summed E-state index contributed by atoms with van der Waals surface area (Å²) in [6.07, 6.45) is 1.55. The van der Waals surface area contributed by atoms with Gasteiger partial charge in [0.15, 0.2) is 0 Å². The van der Waals surface area contributed by atoms with E-state index in [0.717, 1.165) is 0 Å². The maximum absolute atomic E-state index is 11.6. The zero-order chi connectivity index (χ0) is 12.1. The van der Waals surface area contributed by atoms with Gasteiger partial charge in [-0.3, -0.25) is 14.4 Å². The molecule has 5 nitrogen and oxygen atoms in total. The van der Waals surface area contributed by atoms with E-state index in [1.807, 2.05) is 0 Å². The van der Waals surface area contributed by atoms with E-state index in [1.165, 1.54) is 7.11 Å². The Kier molecular flexibility index (Phi) is 4.22. The highest BCUT2D eigenvalue weighted by Crippen LogP contribution is 2.19. The van der Waals surface area contributed by atoms with Gasteiger partial charge in [-0.05, 0) is 0 Å². The van der Waals surface area contributed by atoms with E-state index < -0.39 is 5.97 Å². The molecule has 1 atom stereocenters. The summed E-state index contributed by atoms with van der Waals surface area (Å²) in [5.74, 6) is -1.24. The zero-order valence-corrected chi connectivity index (χ0v) is 9.27. The number of likely N-dealkylation sites (tertiary alicyclic amines) is 1. The lowest BCUT2D eigenvalue weighted by Crippen LogP contribution is -2.26. The number of carbonyl (C=O) groups excluding carboxylic acids is 3. The van der Waals surface area contributed by atoms with Crippen LogP contribution in [0.2, 0.25) is 0 Å². The molecule has 0 aromatic carbocycles. The van der Waals surface area contributed by atoms with E-state index in [2.05, 4.69) is 11.3 Å². The molecule has 0 radical (unpaired) electrons. The number of nitrogens with zero attached hydrogens (tertiary/aromatic N) is 1. The van der Waals surface area contributed by atoms with Crippen LogP contribution in [-0.4, -0.2) is 42.8 Å². The molecule has 16 heavy (non-hydrogen) atoms. The van der Waals surface area contributed by atoms with Gasteiger partial charge in [-0.1, -0.05) is 6.08 Å². The van der Waals surface area contributed by atoms with Crippen molar-refractivity contribution in [2.24, 2.45) is 5.92 Å². The molecule has 0 bridgehead atoms. The van der Waals surface area contributed by atoms with Gasteiger partial charge in [0.05, 0.1) is 7.11 Å². The lowest BCUT2D eigenvalue weighted by molar-refractivity contribution is -0.144. The first-order valence-corrected chi connectivity index (χ1v) is 5.06. The highest BCUT2D eigenvalue weighted by molar-refractivity contribution is 5.99. The lowest BCUT2D eigenvalue weighted by Gasteiger charge is -2.13. The second kappa shape index (κ2) is 5.44. The standard InChI is InChI=1S/C11H15NO4/c1-3-4-12-7-8(5-10(12)14)9(13)6-11(15)16-2/h3,8H,1,4-7H2,2H3/t8-/m1/s1. The van der Waals surface area contributed by atoms with Crippen LogP contribution in [0, 0.1) is 5.92 Å². The molecule has 0 N–H and O–H groups in total. The van der Waals surface area contributed by atoms with Crippen molar-refractivity contribution in [1.82, 2.24) is 4.90 Å². The summed E-state index contributed by atoms with van der Waals surface area (Å²) in [6, 6.07) is 0. The van der Waals surface area contributed by atoms with E-state index in [-0.39, 0.29) is 30.4 Å². The average molecular weight is 225 g/mol. The number of amides is 1. The summed E-state index contributed by atoms with van der Waals surface area (Å²) in [4.78, 5) is 35.5.